The molecule has 0 aliphatic carbocycles. The van der Waals surface area contributed by atoms with E-state index < -0.39 is 6.30 Å². The van der Waals surface area contributed by atoms with Crippen LogP contribution in [-0.2, 0) is 0 Å². The molecule has 2 atom stereocenters. The zero-order valence-corrected chi connectivity index (χ0v) is 8.01. The van der Waals surface area contributed by atoms with Gasteiger partial charge in [-0.1, -0.05) is 0 Å². The molecule has 0 aromatic carbocycles. The molecule has 1 rings (SSSR count). The summed E-state index contributed by atoms with van der Waals surface area (Å²) in [7, 11) is 3.28. The normalized spacial score (nSPS) is 28.2. The molecular weight excluding hydrogens is 173 g/mol. The lowest BCUT2D eigenvalue weighted by Crippen LogP contribution is -2.53. The highest BCUT2D eigenvalue weighted by Crippen LogP contribution is 2.09. The molecule has 0 radical (unpaired) electrons. The molecular formula is C8H16FN3O. The van der Waals surface area contributed by atoms with Gasteiger partial charge in [-0.3, -0.25) is 5.32 Å². The quantitative estimate of drug-likeness (QED) is 0.583. The van der Waals surface area contributed by atoms with Crippen LogP contribution in [0.1, 0.15) is 12.8 Å². The van der Waals surface area contributed by atoms with Crippen LogP contribution in [0.3, 0.4) is 0 Å². The van der Waals surface area contributed by atoms with Crippen LogP contribution in [0.25, 0.3) is 0 Å². The van der Waals surface area contributed by atoms with Gasteiger partial charge in [-0.25, -0.2) is 9.18 Å². The number of carbonyl (C=O) groups is 1. The maximum atomic E-state index is 13.1. The fraction of sp³-hybridized carbons (Fsp3) is 0.875. The van der Waals surface area contributed by atoms with Crippen molar-refractivity contribution >= 4 is 6.03 Å². The van der Waals surface area contributed by atoms with Crippen LogP contribution < -0.4 is 10.6 Å². The molecule has 0 saturated carbocycles. The number of halogens is 1. The van der Waals surface area contributed by atoms with E-state index in [-0.39, 0.29) is 12.1 Å². The molecule has 0 aromatic heterocycles. The number of hydrogen-bond acceptors (Lipinski definition) is 2. The minimum Gasteiger partial charge on any atom is -0.331 e. The molecule has 0 bridgehead atoms. The van der Waals surface area contributed by atoms with Crippen molar-refractivity contribution in [2.24, 2.45) is 0 Å². The summed E-state index contributed by atoms with van der Waals surface area (Å²) in [4.78, 5) is 12.6. The Morgan fingerprint density at radius 3 is 2.85 bits per heavy atom. The highest BCUT2D eigenvalue weighted by Gasteiger charge is 2.25. The van der Waals surface area contributed by atoms with Crippen LogP contribution >= 0.6 is 0 Å². The van der Waals surface area contributed by atoms with Gasteiger partial charge < -0.3 is 10.2 Å². The molecule has 5 heteroatoms. The van der Waals surface area contributed by atoms with Crippen molar-refractivity contribution in [3.05, 3.63) is 0 Å². The van der Waals surface area contributed by atoms with Gasteiger partial charge in [-0.15, -0.1) is 0 Å². The lowest BCUT2D eigenvalue weighted by molar-refractivity contribution is 0.156. The van der Waals surface area contributed by atoms with Crippen LogP contribution in [0, 0.1) is 0 Å². The number of nitrogens with one attached hydrogen (secondary N) is 2. The van der Waals surface area contributed by atoms with Gasteiger partial charge >= 0.3 is 6.03 Å². The Hall–Kier alpha value is -0.840. The number of hydrogen-bond donors (Lipinski definition) is 2. The fourth-order valence-corrected chi connectivity index (χ4v) is 1.28. The number of urea groups is 1. The average molecular weight is 189 g/mol. The van der Waals surface area contributed by atoms with Crippen molar-refractivity contribution in [3.8, 4) is 0 Å². The summed E-state index contributed by atoms with van der Waals surface area (Å²) in [5.74, 6) is 0. The number of piperidine rings is 1. The molecule has 2 unspecified atom stereocenters. The number of nitrogens with zero attached hydrogens (tertiary/aromatic N) is 1. The molecule has 13 heavy (non-hydrogen) atoms. The molecule has 2 amide bonds. The second-order valence-corrected chi connectivity index (χ2v) is 3.45. The van der Waals surface area contributed by atoms with Gasteiger partial charge in [0.25, 0.3) is 0 Å². The van der Waals surface area contributed by atoms with Crippen molar-refractivity contribution in [2.75, 3.05) is 20.6 Å². The van der Waals surface area contributed by atoms with E-state index in [0.717, 1.165) is 6.42 Å². The molecule has 1 fully saturated rings. The zero-order valence-electron chi connectivity index (χ0n) is 8.01. The minimum atomic E-state index is -1.11. The number of alkyl halides is 1. The Kier molecular flexibility index (Phi) is 3.48. The second-order valence-electron chi connectivity index (χ2n) is 3.45. The molecule has 0 spiro atoms. The van der Waals surface area contributed by atoms with Crippen molar-refractivity contribution < 1.29 is 9.18 Å². The Bertz CT molecular complexity index is 186. The predicted octanol–water partition coefficient (Wildman–Crippen LogP) is 0.305. The minimum absolute atomic E-state index is 0.239. The molecule has 76 valence electrons. The molecule has 1 aliphatic rings. The number of carbonyl (C=O) groups excluding carboxylic acids is 1. The van der Waals surface area contributed by atoms with Gasteiger partial charge in [0.15, 0.2) is 6.30 Å². The van der Waals surface area contributed by atoms with Crippen molar-refractivity contribution in [3.63, 3.8) is 0 Å². The van der Waals surface area contributed by atoms with Crippen molar-refractivity contribution in [1.82, 2.24) is 15.5 Å². The van der Waals surface area contributed by atoms with Gasteiger partial charge in [-0.2, -0.15) is 0 Å². The molecule has 2 N–H and O–H groups in total. The molecule has 4 nitrogen and oxygen atoms in total. The van der Waals surface area contributed by atoms with E-state index in [9.17, 15) is 9.18 Å². The maximum absolute atomic E-state index is 13.1. The third-order valence-corrected chi connectivity index (χ3v) is 2.10. The Labute approximate surface area is 77.5 Å². The van der Waals surface area contributed by atoms with Gasteiger partial charge in [0.05, 0.1) is 6.04 Å². The molecule has 1 saturated heterocycles. The van der Waals surface area contributed by atoms with Crippen LogP contribution in [0.15, 0.2) is 0 Å². The lowest BCUT2D eigenvalue weighted by Gasteiger charge is -2.28. The smallest absolute Gasteiger partial charge is 0.317 e. The summed E-state index contributed by atoms with van der Waals surface area (Å²) >= 11 is 0. The topological polar surface area (TPSA) is 44.4 Å². The van der Waals surface area contributed by atoms with E-state index in [0.29, 0.717) is 13.0 Å². The van der Waals surface area contributed by atoms with Gasteiger partial charge in [0.1, 0.15) is 0 Å². The van der Waals surface area contributed by atoms with E-state index >= 15 is 0 Å². The molecule has 1 aliphatic heterocycles. The monoisotopic (exact) mass is 189 g/mol. The van der Waals surface area contributed by atoms with Gasteiger partial charge in [0, 0.05) is 14.1 Å². The standard InChI is InChI=1S/C8H16FN3O/c1-12(2)8(13)11-6-4-3-5-10-7(6)9/h6-7,10H,3-5H2,1-2H3,(H,11,13). The van der Waals surface area contributed by atoms with E-state index in [1.807, 2.05) is 0 Å². The van der Waals surface area contributed by atoms with Crippen LogP contribution in [-0.4, -0.2) is 43.9 Å². The van der Waals surface area contributed by atoms with Gasteiger partial charge in [-0.05, 0) is 19.4 Å². The summed E-state index contributed by atoms with van der Waals surface area (Å²) in [5, 5.41) is 5.29. The second kappa shape index (κ2) is 4.41. The Balaban J connectivity index is 2.38. The van der Waals surface area contributed by atoms with Crippen molar-refractivity contribution in [1.29, 1.82) is 0 Å². The maximum Gasteiger partial charge on any atom is 0.317 e. The number of amides is 2. The highest BCUT2D eigenvalue weighted by molar-refractivity contribution is 5.73. The largest absolute Gasteiger partial charge is 0.331 e. The van der Waals surface area contributed by atoms with E-state index in [2.05, 4.69) is 10.6 Å². The first-order chi connectivity index (χ1) is 6.11. The lowest BCUT2D eigenvalue weighted by atomic mass is 10.1. The van der Waals surface area contributed by atoms with E-state index in [4.69, 9.17) is 0 Å². The fourth-order valence-electron chi connectivity index (χ4n) is 1.28. The van der Waals surface area contributed by atoms with Crippen molar-refractivity contribution in [2.45, 2.75) is 25.2 Å². The Morgan fingerprint density at radius 1 is 1.62 bits per heavy atom. The first-order valence-electron chi connectivity index (χ1n) is 4.46. The third-order valence-electron chi connectivity index (χ3n) is 2.10. The first-order valence-corrected chi connectivity index (χ1v) is 4.46. The summed E-state index contributed by atoms with van der Waals surface area (Å²) in [6.45, 7) is 0.690. The zero-order chi connectivity index (χ0) is 9.84. The van der Waals surface area contributed by atoms with Crippen LogP contribution in [0.4, 0.5) is 9.18 Å². The van der Waals surface area contributed by atoms with Crippen LogP contribution in [0.5, 0.6) is 0 Å². The summed E-state index contributed by atoms with van der Waals surface area (Å²) < 4.78 is 13.1. The molecule has 0 aromatic rings. The van der Waals surface area contributed by atoms with Gasteiger partial charge in [0.2, 0.25) is 0 Å². The third kappa shape index (κ3) is 2.84. The predicted molar refractivity (Wildman–Crippen MR) is 48.1 cm³/mol. The highest BCUT2D eigenvalue weighted by atomic mass is 19.1. The first kappa shape index (κ1) is 10.2. The number of rotatable bonds is 1. The summed E-state index contributed by atoms with van der Waals surface area (Å²) in [6, 6.07) is -0.625. The van der Waals surface area contributed by atoms with E-state index in [1.165, 1.54) is 4.90 Å². The summed E-state index contributed by atoms with van der Waals surface area (Å²) in [6.07, 6.45) is 0.490. The summed E-state index contributed by atoms with van der Waals surface area (Å²) in [5.41, 5.74) is 0. The molecule has 1 heterocycles. The average Bonchev–Trinajstić information content (AvgIpc) is 2.08. The van der Waals surface area contributed by atoms with E-state index in [1.54, 1.807) is 14.1 Å². The SMILES string of the molecule is CN(C)C(=O)NC1CCCNC1F. The Morgan fingerprint density at radius 2 is 2.31 bits per heavy atom. The van der Waals surface area contributed by atoms with Crippen LogP contribution in [0.2, 0.25) is 0 Å².